The highest BCUT2D eigenvalue weighted by Gasteiger charge is 2.16. The smallest absolute Gasteiger partial charge is 0.254 e. The first kappa shape index (κ1) is 13.5. The molecule has 0 aliphatic carbocycles. The lowest BCUT2D eigenvalue weighted by Gasteiger charge is -2.10. The van der Waals surface area contributed by atoms with E-state index in [0.717, 1.165) is 18.7 Å². The van der Waals surface area contributed by atoms with Crippen molar-refractivity contribution in [2.24, 2.45) is 0 Å². The van der Waals surface area contributed by atoms with E-state index in [2.05, 4.69) is 10.3 Å². The van der Waals surface area contributed by atoms with Gasteiger partial charge in [0.15, 0.2) is 5.82 Å². The maximum absolute atomic E-state index is 13.2. The summed E-state index contributed by atoms with van der Waals surface area (Å²) in [5.41, 5.74) is -0.416. The quantitative estimate of drug-likeness (QED) is 0.766. The minimum atomic E-state index is -1.31. The van der Waals surface area contributed by atoms with Crippen molar-refractivity contribution < 1.29 is 18.7 Å². The SMILES string of the molecule is CCCC(O)CNC(=O)c1ccnc(F)c1F. The first-order chi connectivity index (χ1) is 8.06. The number of nitrogens with one attached hydrogen (secondary N) is 1. The highest BCUT2D eigenvalue weighted by atomic mass is 19.2. The van der Waals surface area contributed by atoms with Crippen LogP contribution in [0.2, 0.25) is 0 Å². The number of aliphatic hydroxyl groups excluding tert-OH is 1. The van der Waals surface area contributed by atoms with E-state index >= 15 is 0 Å². The summed E-state index contributed by atoms with van der Waals surface area (Å²) in [6.07, 6.45) is 1.64. The van der Waals surface area contributed by atoms with Crippen LogP contribution in [-0.4, -0.2) is 28.6 Å². The summed E-state index contributed by atoms with van der Waals surface area (Å²) in [7, 11) is 0. The number of halogens is 2. The normalized spacial score (nSPS) is 12.2. The van der Waals surface area contributed by atoms with Crippen LogP contribution in [0.4, 0.5) is 8.78 Å². The summed E-state index contributed by atoms with van der Waals surface area (Å²) in [4.78, 5) is 14.5. The van der Waals surface area contributed by atoms with Crippen molar-refractivity contribution in [3.05, 3.63) is 29.6 Å². The fourth-order valence-corrected chi connectivity index (χ4v) is 1.33. The Hall–Kier alpha value is -1.56. The zero-order valence-electron chi connectivity index (χ0n) is 9.41. The third kappa shape index (κ3) is 3.74. The predicted octanol–water partition coefficient (Wildman–Crippen LogP) is 1.25. The Kier molecular flexibility index (Phi) is 4.96. The van der Waals surface area contributed by atoms with E-state index in [0.29, 0.717) is 6.42 Å². The number of rotatable bonds is 5. The fraction of sp³-hybridized carbons (Fsp3) is 0.455. The third-order valence-corrected chi connectivity index (χ3v) is 2.21. The standard InChI is InChI=1S/C11H14F2N2O2/c1-2-3-7(16)6-15-11(17)8-4-5-14-10(13)9(8)12/h4-5,7,16H,2-3,6H2,1H3,(H,15,17). The second kappa shape index (κ2) is 6.24. The highest BCUT2D eigenvalue weighted by Crippen LogP contribution is 2.08. The van der Waals surface area contributed by atoms with E-state index in [9.17, 15) is 18.7 Å². The number of nitrogens with zero attached hydrogens (tertiary/aromatic N) is 1. The summed E-state index contributed by atoms with van der Waals surface area (Å²) in [6.45, 7) is 1.90. The first-order valence-corrected chi connectivity index (χ1v) is 5.32. The van der Waals surface area contributed by atoms with Crippen LogP contribution in [0.25, 0.3) is 0 Å². The minimum absolute atomic E-state index is 0.00998. The maximum atomic E-state index is 13.2. The largest absolute Gasteiger partial charge is 0.391 e. The van der Waals surface area contributed by atoms with Crippen LogP contribution >= 0.6 is 0 Å². The average molecular weight is 244 g/mol. The molecule has 6 heteroatoms. The van der Waals surface area contributed by atoms with Crippen LogP contribution in [0, 0.1) is 11.8 Å². The summed E-state index contributed by atoms with van der Waals surface area (Å²) < 4.78 is 25.9. The zero-order chi connectivity index (χ0) is 12.8. The third-order valence-electron chi connectivity index (χ3n) is 2.21. The molecule has 17 heavy (non-hydrogen) atoms. The van der Waals surface area contributed by atoms with Gasteiger partial charge in [0.2, 0.25) is 5.95 Å². The topological polar surface area (TPSA) is 62.2 Å². The van der Waals surface area contributed by atoms with E-state index in [-0.39, 0.29) is 6.54 Å². The molecule has 2 N–H and O–H groups in total. The summed E-state index contributed by atoms with van der Waals surface area (Å²) in [5, 5.41) is 11.7. The Morgan fingerprint density at radius 3 is 2.94 bits per heavy atom. The zero-order valence-corrected chi connectivity index (χ0v) is 9.41. The number of amides is 1. The van der Waals surface area contributed by atoms with Crippen molar-refractivity contribution >= 4 is 5.91 Å². The number of hydrogen-bond acceptors (Lipinski definition) is 3. The number of carbonyl (C=O) groups excluding carboxylic acids is 1. The maximum Gasteiger partial charge on any atom is 0.254 e. The van der Waals surface area contributed by atoms with Crippen molar-refractivity contribution in [1.82, 2.24) is 10.3 Å². The van der Waals surface area contributed by atoms with Gasteiger partial charge >= 0.3 is 0 Å². The summed E-state index contributed by atoms with van der Waals surface area (Å²) >= 11 is 0. The molecule has 0 spiro atoms. The lowest BCUT2D eigenvalue weighted by Crippen LogP contribution is -2.32. The van der Waals surface area contributed by atoms with Gasteiger partial charge in [0.05, 0.1) is 11.7 Å². The van der Waals surface area contributed by atoms with Crippen molar-refractivity contribution in [3.63, 3.8) is 0 Å². The van der Waals surface area contributed by atoms with Gasteiger partial charge in [-0.15, -0.1) is 0 Å². The fourth-order valence-electron chi connectivity index (χ4n) is 1.33. The van der Waals surface area contributed by atoms with Gasteiger partial charge in [0.25, 0.3) is 5.91 Å². The average Bonchev–Trinajstić information content (AvgIpc) is 2.30. The molecule has 0 saturated heterocycles. The molecule has 1 rings (SSSR count). The van der Waals surface area contributed by atoms with Crippen molar-refractivity contribution in [2.75, 3.05) is 6.54 Å². The van der Waals surface area contributed by atoms with E-state index in [1.807, 2.05) is 6.92 Å². The number of carbonyl (C=O) groups is 1. The van der Waals surface area contributed by atoms with Crippen molar-refractivity contribution in [2.45, 2.75) is 25.9 Å². The molecule has 0 radical (unpaired) electrons. The Labute approximate surface area is 97.7 Å². The Morgan fingerprint density at radius 2 is 2.29 bits per heavy atom. The van der Waals surface area contributed by atoms with E-state index in [1.54, 1.807) is 0 Å². The molecule has 0 bridgehead atoms. The van der Waals surface area contributed by atoms with Crippen molar-refractivity contribution in [1.29, 1.82) is 0 Å². The molecule has 0 saturated carbocycles. The van der Waals surface area contributed by atoms with Gasteiger partial charge in [-0.1, -0.05) is 13.3 Å². The second-order valence-corrected chi connectivity index (χ2v) is 3.62. The monoisotopic (exact) mass is 244 g/mol. The molecule has 4 nitrogen and oxygen atoms in total. The van der Waals surface area contributed by atoms with Gasteiger partial charge in [-0.25, -0.2) is 9.37 Å². The van der Waals surface area contributed by atoms with Gasteiger partial charge in [-0.2, -0.15) is 4.39 Å². The Balaban J connectivity index is 2.61. The Bertz CT molecular complexity index is 399. The van der Waals surface area contributed by atoms with Gasteiger partial charge in [0, 0.05) is 12.7 Å². The van der Waals surface area contributed by atoms with Crippen LogP contribution in [0.5, 0.6) is 0 Å². The van der Waals surface area contributed by atoms with Gasteiger partial charge < -0.3 is 10.4 Å². The van der Waals surface area contributed by atoms with Gasteiger partial charge in [-0.3, -0.25) is 4.79 Å². The van der Waals surface area contributed by atoms with E-state index in [4.69, 9.17) is 0 Å². The molecule has 1 aromatic heterocycles. The van der Waals surface area contributed by atoms with E-state index in [1.165, 1.54) is 0 Å². The van der Waals surface area contributed by atoms with Gasteiger partial charge in [0.1, 0.15) is 0 Å². The second-order valence-electron chi connectivity index (χ2n) is 3.62. The van der Waals surface area contributed by atoms with Crippen LogP contribution in [0.3, 0.4) is 0 Å². The van der Waals surface area contributed by atoms with Gasteiger partial charge in [-0.05, 0) is 12.5 Å². The molecular weight excluding hydrogens is 230 g/mol. The molecule has 0 aliphatic heterocycles. The number of aromatic nitrogens is 1. The molecule has 1 amide bonds. The number of aliphatic hydroxyl groups is 1. The summed E-state index contributed by atoms with van der Waals surface area (Å²) in [5.74, 6) is -3.36. The van der Waals surface area contributed by atoms with Crippen LogP contribution in [0.1, 0.15) is 30.1 Å². The molecule has 0 fully saturated rings. The van der Waals surface area contributed by atoms with Crippen molar-refractivity contribution in [3.8, 4) is 0 Å². The van der Waals surface area contributed by atoms with Crippen LogP contribution in [0.15, 0.2) is 12.3 Å². The Morgan fingerprint density at radius 1 is 1.59 bits per heavy atom. The molecule has 1 atom stereocenters. The van der Waals surface area contributed by atoms with Crippen LogP contribution < -0.4 is 5.32 Å². The first-order valence-electron chi connectivity index (χ1n) is 5.32. The number of pyridine rings is 1. The predicted molar refractivity (Wildman–Crippen MR) is 57.4 cm³/mol. The van der Waals surface area contributed by atoms with Crippen LogP contribution in [-0.2, 0) is 0 Å². The lowest BCUT2D eigenvalue weighted by atomic mass is 10.2. The molecule has 94 valence electrons. The molecule has 1 heterocycles. The molecular formula is C11H14F2N2O2. The molecule has 1 unspecified atom stereocenters. The minimum Gasteiger partial charge on any atom is -0.391 e. The molecule has 0 aromatic carbocycles. The molecule has 0 aliphatic rings. The summed E-state index contributed by atoms with van der Waals surface area (Å²) in [6, 6.07) is 1.08. The lowest BCUT2D eigenvalue weighted by molar-refractivity contribution is 0.0904. The molecule has 1 aromatic rings. The highest BCUT2D eigenvalue weighted by molar-refractivity contribution is 5.94. The number of hydrogen-bond donors (Lipinski definition) is 2. The van der Waals surface area contributed by atoms with E-state index < -0.39 is 29.3 Å².